The molecule has 0 spiro atoms. The van der Waals surface area contributed by atoms with Crippen LogP contribution in [0.3, 0.4) is 0 Å². The van der Waals surface area contributed by atoms with Gasteiger partial charge in [-0.1, -0.05) is 91.0 Å². The van der Waals surface area contributed by atoms with Crippen LogP contribution in [0.4, 0.5) is 4.79 Å². The molecule has 0 aromatic heterocycles. The van der Waals surface area contributed by atoms with Crippen molar-refractivity contribution in [1.82, 2.24) is 10.2 Å². The maximum atomic E-state index is 13.7. The number of benzene rings is 3. The molecule has 1 N–H and O–H groups in total. The minimum Gasteiger partial charge on any atom is -0.459 e. The Hall–Kier alpha value is -4.13. The maximum absolute atomic E-state index is 13.7. The Balaban J connectivity index is 1.64. The van der Waals surface area contributed by atoms with Gasteiger partial charge in [-0.25, -0.2) is 9.59 Å². The first-order chi connectivity index (χ1) is 18.7. The Kier molecular flexibility index (Phi) is 9.02. The first-order valence-electron chi connectivity index (χ1n) is 13.3. The monoisotopic (exact) mass is 528 g/mol. The molecule has 4 rings (SSSR count). The lowest BCUT2D eigenvalue weighted by Gasteiger charge is -2.31. The van der Waals surface area contributed by atoms with E-state index in [-0.39, 0.29) is 6.61 Å². The number of nitrogens with zero attached hydrogens (tertiary/aromatic N) is 1. The molecule has 7 nitrogen and oxygen atoms in total. The molecule has 7 heteroatoms. The van der Waals surface area contributed by atoms with Crippen LogP contribution < -0.4 is 5.32 Å². The van der Waals surface area contributed by atoms with E-state index in [1.54, 1.807) is 20.8 Å². The minimum absolute atomic E-state index is 0.0792. The molecule has 3 aromatic rings. The second kappa shape index (κ2) is 12.6. The topological polar surface area (TPSA) is 84.9 Å². The number of carbonyl (C=O) groups is 3. The highest BCUT2D eigenvalue weighted by Gasteiger charge is 2.40. The average molecular weight is 529 g/mol. The van der Waals surface area contributed by atoms with Crippen molar-refractivity contribution in [1.29, 1.82) is 0 Å². The first kappa shape index (κ1) is 27.9. The summed E-state index contributed by atoms with van der Waals surface area (Å²) in [5.41, 5.74) is 1.89. The summed E-state index contributed by atoms with van der Waals surface area (Å²) in [5.74, 6) is -1.46. The second-order valence-corrected chi connectivity index (χ2v) is 10.7. The van der Waals surface area contributed by atoms with Crippen LogP contribution in [-0.2, 0) is 25.7 Å². The Morgan fingerprint density at radius 2 is 1.41 bits per heavy atom. The van der Waals surface area contributed by atoms with Crippen molar-refractivity contribution in [2.45, 2.75) is 63.8 Å². The quantitative estimate of drug-likeness (QED) is 0.393. The van der Waals surface area contributed by atoms with E-state index >= 15 is 0 Å². The lowest BCUT2D eigenvalue weighted by Crippen LogP contribution is -2.53. The SMILES string of the molecule is CC(C)(C)OC(=O)N1CCC[C@H]1C(=O)N[C@H](C(=O)OCc1ccccc1)C(c1ccccc1)c1ccccc1. The van der Waals surface area contributed by atoms with Gasteiger partial charge in [-0.3, -0.25) is 9.69 Å². The van der Waals surface area contributed by atoms with E-state index in [0.717, 1.165) is 16.7 Å². The van der Waals surface area contributed by atoms with Crippen LogP contribution >= 0.6 is 0 Å². The molecule has 2 atom stereocenters. The molecule has 0 unspecified atom stereocenters. The van der Waals surface area contributed by atoms with Gasteiger partial charge in [-0.05, 0) is 50.3 Å². The van der Waals surface area contributed by atoms with Gasteiger partial charge in [-0.2, -0.15) is 0 Å². The second-order valence-electron chi connectivity index (χ2n) is 10.7. The van der Waals surface area contributed by atoms with Crippen LogP contribution in [0.2, 0.25) is 0 Å². The van der Waals surface area contributed by atoms with E-state index in [2.05, 4.69) is 5.32 Å². The fourth-order valence-electron chi connectivity index (χ4n) is 4.82. The molecule has 0 aliphatic carbocycles. The summed E-state index contributed by atoms with van der Waals surface area (Å²) in [6, 6.07) is 26.8. The van der Waals surface area contributed by atoms with Crippen molar-refractivity contribution in [3.05, 3.63) is 108 Å². The molecular weight excluding hydrogens is 492 g/mol. The van der Waals surface area contributed by atoms with E-state index in [1.165, 1.54) is 4.90 Å². The van der Waals surface area contributed by atoms with Crippen LogP contribution in [0.1, 0.15) is 56.2 Å². The predicted octanol–water partition coefficient (Wildman–Crippen LogP) is 5.45. The van der Waals surface area contributed by atoms with Crippen molar-refractivity contribution in [3.8, 4) is 0 Å². The Morgan fingerprint density at radius 1 is 0.872 bits per heavy atom. The minimum atomic E-state index is -1.02. The van der Waals surface area contributed by atoms with Crippen molar-refractivity contribution in [3.63, 3.8) is 0 Å². The third-order valence-corrected chi connectivity index (χ3v) is 6.61. The maximum Gasteiger partial charge on any atom is 0.410 e. The molecule has 0 radical (unpaired) electrons. The fraction of sp³-hybridized carbons (Fsp3) is 0.344. The van der Waals surface area contributed by atoms with Gasteiger partial charge in [0.15, 0.2) is 0 Å². The highest BCUT2D eigenvalue weighted by atomic mass is 16.6. The molecule has 204 valence electrons. The third kappa shape index (κ3) is 7.47. The molecule has 3 aromatic carbocycles. The molecule has 0 bridgehead atoms. The van der Waals surface area contributed by atoms with Crippen LogP contribution in [0.5, 0.6) is 0 Å². The lowest BCUT2D eigenvalue weighted by molar-refractivity contribution is -0.150. The Morgan fingerprint density at radius 3 is 1.95 bits per heavy atom. The van der Waals surface area contributed by atoms with E-state index in [1.807, 2.05) is 91.0 Å². The first-order valence-corrected chi connectivity index (χ1v) is 13.3. The zero-order chi connectivity index (χ0) is 27.8. The Bertz CT molecular complexity index is 1200. The van der Waals surface area contributed by atoms with Gasteiger partial charge in [0.25, 0.3) is 0 Å². The zero-order valence-corrected chi connectivity index (χ0v) is 22.7. The predicted molar refractivity (Wildman–Crippen MR) is 149 cm³/mol. The van der Waals surface area contributed by atoms with Gasteiger partial charge >= 0.3 is 12.1 Å². The van der Waals surface area contributed by atoms with Gasteiger partial charge in [0, 0.05) is 12.5 Å². The number of hydrogen-bond donors (Lipinski definition) is 1. The molecule has 1 fully saturated rings. The highest BCUT2D eigenvalue weighted by molar-refractivity contribution is 5.91. The molecule has 39 heavy (non-hydrogen) atoms. The van der Waals surface area contributed by atoms with Gasteiger partial charge in [0.1, 0.15) is 24.3 Å². The largest absolute Gasteiger partial charge is 0.459 e. The van der Waals surface area contributed by atoms with E-state index < -0.39 is 41.6 Å². The third-order valence-electron chi connectivity index (χ3n) is 6.61. The smallest absolute Gasteiger partial charge is 0.410 e. The van der Waals surface area contributed by atoms with Crippen LogP contribution in [0.25, 0.3) is 0 Å². The fourth-order valence-corrected chi connectivity index (χ4v) is 4.82. The van der Waals surface area contributed by atoms with E-state index in [9.17, 15) is 14.4 Å². The van der Waals surface area contributed by atoms with Crippen LogP contribution in [0, 0.1) is 0 Å². The molecule has 0 saturated carbocycles. The summed E-state index contributed by atoms with van der Waals surface area (Å²) in [6.07, 6.45) is 0.616. The molecule has 1 aliphatic heterocycles. The molecule has 1 aliphatic rings. The number of hydrogen-bond acceptors (Lipinski definition) is 5. The van der Waals surface area contributed by atoms with E-state index in [0.29, 0.717) is 19.4 Å². The van der Waals surface area contributed by atoms with Crippen molar-refractivity contribution in [2.24, 2.45) is 0 Å². The Labute approximate surface area is 230 Å². The number of rotatable bonds is 8. The van der Waals surface area contributed by atoms with Crippen LogP contribution in [0.15, 0.2) is 91.0 Å². The van der Waals surface area contributed by atoms with Crippen molar-refractivity contribution < 1.29 is 23.9 Å². The number of carbonyl (C=O) groups excluding carboxylic acids is 3. The van der Waals surface area contributed by atoms with Crippen molar-refractivity contribution >= 4 is 18.0 Å². The van der Waals surface area contributed by atoms with Crippen LogP contribution in [-0.4, -0.2) is 47.1 Å². The number of likely N-dealkylation sites (tertiary alicyclic amines) is 1. The lowest BCUT2D eigenvalue weighted by atomic mass is 9.84. The normalized spacial score (nSPS) is 16.0. The highest BCUT2D eigenvalue weighted by Crippen LogP contribution is 2.30. The average Bonchev–Trinajstić information content (AvgIpc) is 3.43. The van der Waals surface area contributed by atoms with Gasteiger partial charge in [0.05, 0.1) is 0 Å². The molecule has 1 heterocycles. The number of amides is 2. The summed E-state index contributed by atoms with van der Waals surface area (Å²) in [5, 5.41) is 2.98. The summed E-state index contributed by atoms with van der Waals surface area (Å²) >= 11 is 0. The number of ether oxygens (including phenoxy) is 2. The number of esters is 1. The van der Waals surface area contributed by atoms with Crippen molar-refractivity contribution in [2.75, 3.05) is 6.54 Å². The summed E-state index contributed by atoms with van der Waals surface area (Å²) in [6.45, 7) is 5.87. The summed E-state index contributed by atoms with van der Waals surface area (Å²) in [7, 11) is 0. The zero-order valence-electron chi connectivity index (χ0n) is 22.7. The van der Waals surface area contributed by atoms with Gasteiger partial charge < -0.3 is 14.8 Å². The van der Waals surface area contributed by atoms with Gasteiger partial charge in [-0.15, -0.1) is 0 Å². The van der Waals surface area contributed by atoms with Gasteiger partial charge in [0.2, 0.25) is 5.91 Å². The molecule has 1 saturated heterocycles. The number of nitrogens with one attached hydrogen (secondary N) is 1. The summed E-state index contributed by atoms with van der Waals surface area (Å²) < 4.78 is 11.3. The molecule has 2 amide bonds. The summed E-state index contributed by atoms with van der Waals surface area (Å²) in [4.78, 5) is 41.7. The standard InChI is InChI=1S/C32H36N2O5/c1-32(2,3)39-31(37)34-21-13-20-26(34)29(35)33-28(30(36)38-22-23-14-7-4-8-15-23)27(24-16-9-5-10-17-24)25-18-11-6-12-19-25/h4-12,14-19,26-28H,13,20-22H2,1-3H3,(H,33,35)/t26-,28-/m0/s1. The van der Waals surface area contributed by atoms with E-state index in [4.69, 9.17) is 9.47 Å². The molecular formula is C32H36N2O5.